The lowest BCUT2D eigenvalue weighted by Crippen LogP contribution is -2.49. The van der Waals surface area contributed by atoms with Crippen LogP contribution in [0.1, 0.15) is 12.8 Å². The van der Waals surface area contributed by atoms with Crippen LogP contribution < -0.4 is 0 Å². The highest BCUT2D eigenvalue weighted by Gasteiger charge is 2.64. The van der Waals surface area contributed by atoms with Gasteiger partial charge in [0.05, 0.1) is 0 Å². The van der Waals surface area contributed by atoms with E-state index in [1.165, 1.54) is 6.08 Å². The molecule has 74 valence electrons. The molecule has 0 saturated heterocycles. The fourth-order valence-corrected chi connectivity index (χ4v) is 2.68. The van der Waals surface area contributed by atoms with Crippen molar-refractivity contribution < 1.29 is 20.4 Å². The summed E-state index contributed by atoms with van der Waals surface area (Å²) in [6.45, 7) is 0. The lowest BCUT2D eigenvalue weighted by Gasteiger charge is -2.35. The van der Waals surface area contributed by atoms with Crippen molar-refractivity contribution in [1.29, 1.82) is 0 Å². The van der Waals surface area contributed by atoms with E-state index >= 15 is 0 Å². The summed E-state index contributed by atoms with van der Waals surface area (Å²) < 4.78 is 0. The van der Waals surface area contributed by atoms with E-state index in [4.69, 9.17) is 0 Å². The maximum atomic E-state index is 10.2. The summed E-state index contributed by atoms with van der Waals surface area (Å²) >= 11 is 0. The highest BCUT2D eigenvalue weighted by atomic mass is 16.4. The van der Waals surface area contributed by atoms with Crippen molar-refractivity contribution in [3.63, 3.8) is 0 Å². The van der Waals surface area contributed by atoms with Crippen LogP contribution in [-0.4, -0.2) is 31.6 Å². The van der Waals surface area contributed by atoms with Gasteiger partial charge in [-0.05, 0) is 6.08 Å². The Balaban J connectivity index is 2.31. The smallest absolute Gasteiger partial charge is 0.160 e. The summed E-state index contributed by atoms with van der Waals surface area (Å²) in [7, 11) is 0. The van der Waals surface area contributed by atoms with Gasteiger partial charge in [0, 0.05) is 24.0 Å². The van der Waals surface area contributed by atoms with Crippen LogP contribution in [0.25, 0.3) is 0 Å². The molecular weight excluding hydrogens is 184 g/mol. The Morgan fingerprint density at radius 2 is 1.71 bits per heavy atom. The fraction of sp³-hybridized carbons (Fsp3) is 0.400. The third-order valence-corrected chi connectivity index (χ3v) is 3.51. The first-order chi connectivity index (χ1) is 6.51. The van der Waals surface area contributed by atoms with Crippen LogP contribution in [0, 0.1) is 0 Å². The van der Waals surface area contributed by atoms with E-state index in [-0.39, 0.29) is 24.4 Å². The summed E-state index contributed by atoms with van der Waals surface area (Å²) in [5, 5.41) is 39.3. The van der Waals surface area contributed by atoms with Crippen molar-refractivity contribution in [3.05, 3.63) is 34.8 Å². The van der Waals surface area contributed by atoms with Crippen LogP contribution in [0.3, 0.4) is 0 Å². The first-order valence-electron chi connectivity index (χ1n) is 4.49. The van der Waals surface area contributed by atoms with E-state index in [9.17, 15) is 20.4 Å². The third-order valence-electron chi connectivity index (χ3n) is 3.51. The minimum atomic E-state index is -1.50. The molecule has 2 bridgehead atoms. The Kier molecular flexibility index (Phi) is 1.09. The summed E-state index contributed by atoms with van der Waals surface area (Å²) in [5.74, 6) is -0.547. The van der Waals surface area contributed by atoms with E-state index in [1.807, 2.05) is 0 Å². The topological polar surface area (TPSA) is 80.9 Å². The lowest BCUT2D eigenvalue weighted by atomic mass is 9.81. The molecule has 1 saturated carbocycles. The van der Waals surface area contributed by atoms with E-state index < -0.39 is 11.2 Å². The van der Waals surface area contributed by atoms with Crippen molar-refractivity contribution in [1.82, 2.24) is 0 Å². The van der Waals surface area contributed by atoms with Gasteiger partial charge < -0.3 is 20.4 Å². The largest absolute Gasteiger partial charge is 0.504 e. The Morgan fingerprint density at radius 3 is 2.43 bits per heavy atom. The van der Waals surface area contributed by atoms with Gasteiger partial charge in [0.15, 0.2) is 11.5 Å². The van der Waals surface area contributed by atoms with Gasteiger partial charge in [0.2, 0.25) is 0 Å². The second-order valence-corrected chi connectivity index (χ2v) is 4.06. The van der Waals surface area contributed by atoms with E-state index in [0.717, 1.165) is 0 Å². The molecule has 2 unspecified atom stereocenters. The number of aliphatic hydroxyl groups is 4. The molecular formula is C10H10O4. The van der Waals surface area contributed by atoms with Gasteiger partial charge >= 0.3 is 0 Å². The summed E-state index contributed by atoms with van der Waals surface area (Å²) in [6.07, 6.45) is 3.68. The van der Waals surface area contributed by atoms with Crippen molar-refractivity contribution in [2.45, 2.75) is 24.0 Å². The average molecular weight is 194 g/mol. The normalized spacial score (nSPS) is 44.1. The predicted molar refractivity (Wildman–Crippen MR) is 47.6 cm³/mol. The quantitative estimate of drug-likeness (QED) is 0.422. The maximum Gasteiger partial charge on any atom is 0.160 e. The number of hydrogen-bond acceptors (Lipinski definition) is 4. The van der Waals surface area contributed by atoms with Gasteiger partial charge in [-0.3, -0.25) is 0 Å². The number of aliphatic hydroxyl groups excluding tert-OH is 2. The summed E-state index contributed by atoms with van der Waals surface area (Å²) in [5.41, 5.74) is -2.30. The summed E-state index contributed by atoms with van der Waals surface area (Å²) in [4.78, 5) is 0. The molecule has 2 atom stereocenters. The molecule has 1 fully saturated rings. The third kappa shape index (κ3) is 0.533. The van der Waals surface area contributed by atoms with Gasteiger partial charge in [-0.2, -0.15) is 0 Å². The van der Waals surface area contributed by atoms with E-state index in [1.54, 1.807) is 6.08 Å². The zero-order chi connectivity index (χ0) is 10.1. The number of fused-ring (bicyclic) bond motifs is 5. The van der Waals surface area contributed by atoms with Gasteiger partial charge in [-0.25, -0.2) is 0 Å². The molecule has 0 spiro atoms. The molecule has 0 heterocycles. The van der Waals surface area contributed by atoms with Gasteiger partial charge in [0.25, 0.3) is 0 Å². The molecule has 0 radical (unpaired) electrons. The molecule has 4 heteroatoms. The predicted octanol–water partition coefficient (Wildman–Crippen LogP) is 0.450. The van der Waals surface area contributed by atoms with Crippen molar-refractivity contribution >= 4 is 0 Å². The first-order valence-corrected chi connectivity index (χ1v) is 4.49. The lowest BCUT2D eigenvalue weighted by molar-refractivity contribution is -0.0570. The average Bonchev–Trinajstić information content (AvgIpc) is 2.63. The van der Waals surface area contributed by atoms with Crippen LogP contribution in [0.4, 0.5) is 0 Å². The van der Waals surface area contributed by atoms with Crippen molar-refractivity contribution in [2.75, 3.05) is 0 Å². The molecule has 4 nitrogen and oxygen atoms in total. The van der Waals surface area contributed by atoms with Crippen molar-refractivity contribution in [2.24, 2.45) is 0 Å². The molecule has 4 N–H and O–H groups in total. The minimum Gasteiger partial charge on any atom is -0.504 e. The number of rotatable bonds is 0. The molecule has 3 rings (SSSR count). The van der Waals surface area contributed by atoms with Gasteiger partial charge in [-0.1, -0.05) is 6.08 Å². The SMILES string of the molecule is OC1=C2CC(=C1O)C1(O)CC=CC21O. The maximum absolute atomic E-state index is 10.2. The summed E-state index contributed by atoms with van der Waals surface area (Å²) in [6, 6.07) is 0. The van der Waals surface area contributed by atoms with Gasteiger partial charge in [-0.15, -0.1) is 0 Å². The zero-order valence-corrected chi connectivity index (χ0v) is 7.36. The van der Waals surface area contributed by atoms with Crippen molar-refractivity contribution in [3.8, 4) is 0 Å². The Bertz CT molecular complexity index is 431. The Labute approximate surface area is 80.1 Å². The van der Waals surface area contributed by atoms with E-state index in [2.05, 4.69) is 0 Å². The standard InChI is InChI=1S/C10H10O4/c11-7-5-4-6(8(7)12)10(14)3-1-2-9(5,10)13/h1-2,11-14H,3-4H2. The highest BCUT2D eigenvalue weighted by Crippen LogP contribution is 2.58. The van der Waals surface area contributed by atoms with Crippen LogP contribution in [0.2, 0.25) is 0 Å². The van der Waals surface area contributed by atoms with E-state index in [0.29, 0.717) is 11.1 Å². The molecule has 14 heavy (non-hydrogen) atoms. The molecule has 0 aliphatic heterocycles. The van der Waals surface area contributed by atoms with Crippen LogP contribution in [0.5, 0.6) is 0 Å². The molecule has 0 aromatic rings. The zero-order valence-electron chi connectivity index (χ0n) is 7.36. The van der Waals surface area contributed by atoms with Gasteiger partial charge in [0.1, 0.15) is 11.2 Å². The molecule has 3 aliphatic rings. The molecule has 3 aliphatic carbocycles. The number of hydrogen-bond donors (Lipinski definition) is 4. The minimum absolute atomic E-state index is 0.259. The van der Waals surface area contributed by atoms with Crippen LogP contribution >= 0.6 is 0 Å². The highest BCUT2D eigenvalue weighted by molar-refractivity contribution is 5.62. The van der Waals surface area contributed by atoms with Crippen LogP contribution in [0.15, 0.2) is 34.8 Å². The first kappa shape index (κ1) is 8.08. The van der Waals surface area contributed by atoms with Crippen LogP contribution in [-0.2, 0) is 0 Å². The Morgan fingerprint density at radius 1 is 1.07 bits per heavy atom. The second kappa shape index (κ2) is 1.89. The molecule has 0 aromatic heterocycles. The Hall–Kier alpha value is -1.26. The second-order valence-electron chi connectivity index (χ2n) is 4.06. The molecule has 0 amide bonds. The monoisotopic (exact) mass is 194 g/mol. The molecule has 0 aromatic carbocycles. The fourth-order valence-electron chi connectivity index (χ4n) is 2.68.